The topological polar surface area (TPSA) is 123 Å². The Kier molecular flexibility index (Phi) is 6.34. The number of amidine groups is 1. The van der Waals surface area contributed by atoms with Gasteiger partial charge in [-0.25, -0.2) is 9.18 Å². The van der Waals surface area contributed by atoms with Crippen LogP contribution in [0.3, 0.4) is 0 Å². The largest absolute Gasteiger partial charge is 0.444 e. The zero-order valence-corrected chi connectivity index (χ0v) is 17.7. The first kappa shape index (κ1) is 22.4. The van der Waals surface area contributed by atoms with E-state index in [0.29, 0.717) is 5.75 Å². The summed E-state index contributed by atoms with van der Waals surface area (Å²) in [6.45, 7) is 5.06. The number of hydrogen-bond acceptors (Lipinski definition) is 8. The van der Waals surface area contributed by atoms with Gasteiger partial charge < -0.3 is 14.6 Å². The Morgan fingerprint density at radius 2 is 2.27 bits per heavy atom. The third-order valence-corrected chi connectivity index (χ3v) is 5.99. The Morgan fingerprint density at radius 3 is 2.90 bits per heavy atom. The maximum Gasteiger partial charge on any atom is 0.413 e. The van der Waals surface area contributed by atoms with Gasteiger partial charge in [-0.2, -0.15) is 0 Å². The van der Waals surface area contributed by atoms with Crippen LogP contribution in [0, 0.1) is 21.8 Å². The summed E-state index contributed by atoms with van der Waals surface area (Å²) >= 11 is 1.22. The van der Waals surface area contributed by atoms with Crippen LogP contribution in [0.5, 0.6) is 0 Å². The number of nitro groups is 1. The number of non-ortho nitro benzene ring substituents is 1. The van der Waals surface area contributed by atoms with E-state index in [2.05, 4.69) is 10.3 Å². The van der Waals surface area contributed by atoms with Crippen LogP contribution in [0.1, 0.15) is 32.8 Å². The molecule has 0 spiro atoms. The van der Waals surface area contributed by atoms with E-state index in [0.717, 1.165) is 12.1 Å². The third-order valence-electron chi connectivity index (χ3n) is 4.99. The first-order chi connectivity index (χ1) is 14.1. The minimum Gasteiger partial charge on any atom is -0.444 e. The van der Waals surface area contributed by atoms with E-state index in [1.54, 1.807) is 20.8 Å². The van der Waals surface area contributed by atoms with Crippen LogP contribution in [-0.4, -0.2) is 52.0 Å². The van der Waals surface area contributed by atoms with E-state index in [-0.39, 0.29) is 36.1 Å². The SMILES string of the molecule is CC(C)(C)OC(=O)NC1=N[C@]2(c3cc([N+](=O)[O-])ccc3F)CCO[C@@H](CO)[C@H]2CS1. The van der Waals surface area contributed by atoms with Crippen molar-refractivity contribution in [2.24, 2.45) is 10.9 Å². The first-order valence-corrected chi connectivity index (χ1v) is 10.4. The zero-order valence-electron chi connectivity index (χ0n) is 16.9. The Labute approximate surface area is 177 Å². The van der Waals surface area contributed by atoms with Crippen molar-refractivity contribution >= 4 is 28.7 Å². The molecule has 0 radical (unpaired) electrons. The molecule has 0 bridgehead atoms. The second kappa shape index (κ2) is 8.48. The van der Waals surface area contributed by atoms with Crippen LogP contribution in [0.2, 0.25) is 0 Å². The number of carbonyl (C=O) groups is 1. The second-order valence-electron chi connectivity index (χ2n) is 8.15. The molecule has 2 N–H and O–H groups in total. The van der Waals surface area contributed by atoms with Crippen LogP contribution in [0.15, 0.2) is 23.2 Å². The van der Waals surface area contributed by atoms with Crippen molar-refractivity contribution in [1.29, 1.82) is 0 Å². The number of nitro benzene ring substituents is 1. The number of rotatable bonds is 3. The summed E-state index contributed by atoms with van der Waals surface area (Å²) in [6, 6.07) is 3.31. The van der Waals surface area contributed by atoms with Gasteiger partial charge in [-0.1, -0.05) is 11.8 Å². The van der Waals surface area contributed by atoms with Crippen LogP contribution in [0.4, 0.5) is 14.9 Å². The minimum atomic E-state index is -1.22. The van der Waals surface area contributed by atoms with Gasteiger partial charge in [-0.3, -0.25) is 20.4 Å². The number of halogens is 1. The van der Waals surface area contributed by atoms with Crippen molar-refractivity contribution in [1.82, 2.24) is 5.32 Å². The fraction of sp³-hybridized carbons (Fsp3) is 0.579. The lowest BCUT2D eigenvalue weighted by Gasteiger charge is -2.47. The number of ether oxygens (including phenoxy) is 2. The number of alkyl carbamates (subject to hydrolysis) is 1. The van der Waals surface area contributed by atoms with Gasteiger partial charge in [0.1, 0.15) is 11.4 Å². The summed E-state index contributed by atoms with van der Waals surface area (Å²) in [5, 5.41) is 23.9. The molecule has 0 unspecified atom stereocenters. The number of aliphatic imine (C=N–C) groups is 1. The number of aliphatic hydroxyl groups excluding tert-OH is 1. The molecule has 1 saturated heterocycles. The number of thioether (sulfide) groups is 1. The molecule has 0 saturated carbocycles. The van der Waals surface area contributed by atoms with Crippen LogP contribution < -0.4 is 5.32 Å². The average Bonchev–Trinajstić information content (AvgIpc) is 2.65. The second-order valence-corrected chi connectivity index (χ2v) is 9.16. The molecule has 0 aromatic heterocycles. The van der Waals surface area contributed by atoms with Gasteiger partial charge in [0.05, 0.1) is 23.2 Å². The summed E-state index contributed by atoms with van der Waals surface area (Å²) in [5.41, 5.74) is -2.15. The predicted octanol–water partition coefficient (Wildman–Crippen LogP) is 2.95. The Morgan fingerprint density at radius 1 is 1.53 bits per heavy atom. The highest BCUT2D eigenvalue weighted by Gasteiger charge is 2.51. The van der Waals surface area contributed by atoms with E-state index in [4.69, 9.17) is 9.47 Å². The maximum absolute atomic E-state index is 14.9. The summed E-state index contributed by atoms with van der Waals surface area (Å²) < 4.78 is 25.8. The number of benzene rings is 1. The molecule has 0 aliphatic carbocycles. The first-order valence-electron chi connectivity index (χ1n) is 9.45. The zero-order chi connectivity index (χ0) is 22.1. The molecule has 2 aliphatic rings. The number of nitrogens with one attached hydrogen (secondary N) is 1. The molecule has 3 atom stereocenters. The van der Waals surface area contributed by atoms with E-state index in [1.807, 2.05) is 0 Å². The number of carbonyl (C=O) groups excluding carboxylic acids is 1. The highest BCUT2D eigenvalue weighted by molar-refractivity contribution is 8.13. The molecular formula is C19H24FN3O6S. The van der Waals surface area contributed by atoms with E-state index >= 15 is 0 Å². The van der Waals surface area contributed by atoms with Gasteiger partial charge in [0.25, 0.3) is 5.69 Å². The molecule has 1 aromatic rings. The van der Waals surface area contributed by atoms with Crippen molar-refractivity contribution in [3.63, 3.8) is 0 Å². The van der Waals surface area contributed by atoms with Crippen molar-refractivity contribution < 1.29 is 28.7 Å². The third kappa shape index (κ3) is 4.57. The Hall–Kier alpha value is -2.24. The predicted molar refractivity (Wildman–Crippen MR) is 109 cm³/mol. The van der Waals surface area contributed by atoms with Crippen molar-refractivity contribution in [2.75, 3.05) is 19.0 Å². The molecule has 1 fully saturated rings. The Balaban J connectivity index is 2.06. The summed E-state index contributed by atoms with van der Waals surface area (Å²) in [4.78, 5) is 27.5. The number of aliphatic hydroxyl groups is 1. The monoisotopic (exact) mass is 441 g/mol. The summed E-state index contributed by atoms with van der Waals surface area (Å²) in [5.74, 6) is -0.722. The van der Waals surface area contributed by atoms with E-state index < -0.39 is 40.0 Å². The molecule has 1 amide bonds. The smallest absolute Gasteiger partial charge is 0.413 e. The van der Waals surface area contributed by atoms with Crippen LogP contribution in [0.25, 0.3) is 0 Å². The summed E-state index contributed by atoms with van der Waals surface area (Å²) in [7, 11) is 0. The van der Waals surface area contributed by atoms with E-state index in [9.17, 15) is 24.4 Å². The molecule has 11 heteroatoms. The molecule has 2 aliphatic heterocycles. The number of nitrogens with zero attached hydrogens (tertiary/aromatic N) is 2. The van der Waals surface area contributed by atoms with Crippen LogP contribution in [-0.2, 0) is 15.0 Å². The highest BCUT2D eigenvalue weighted by Crippen LogP contribution is 2.49. The lowest BCUT2D eigenvalue weighted by molar-refractivity contribution is -0.385. The molecule has 3 rings (SSSR count). The van der Waals surface area contributed by atoms with Crippen molar-refractivity contribution in [3.05, 3.63) is 39.7 Å². The molecule has 1 aromatic carbocycles. The van der Waals surface area contributed by atoms with Crippen molar-refractivity contribution in [3.8, 4) is 0 Å². The Bertz CT molecular complexity index is 874. The maximum atomic E-state index is 14.9. The fourth-order valence-electron chi connectivity index (χ4n) is 3.73. The van der Waals surface area contributed by atoms with Gasteiger partial charge in [0.2, 0.25) is 0 Å². The minimum absolute atomic E-state index is 0.0484. The molecule has 2 heterocycles. The van der Waals surface area contributed by atoms with Gasteiger partial charge >= 0.3 is 6.09 Å². The quantitative estimate of drug-likeness (QED) is 0.546. The molecule has 30 heavy (non-hydrogen) atoms. The normalized spacial score (nSPS) is 26.4. The van der Waals surface area contributed by atoms with Gasteiger partial charge in [0, 0.05) is 42.4 Å². The van der Waals surface area contributed by atoms with Crippen molar-refractivity contribution in [2.45, 2.75) is 44.4 Å². The molecular weight excluding hydrogens is 417 g/mol. The highest BCUT2D eigenvalue weighted by atomic mass is 32.2. The van der Waals surface area contributed by atoms with Gasteiger partial charge in [-0.15, -0.1) is 0 Å². The number of fused-ring (bicyclic) bond motifs is 1. The molecule has 9 nitrogen and oxygen atoms in total. The van der Waals surface area contributed by atoms with Crippen LogP contribution >= 0.6 is 11.8 Å². The van der Waals surface area contributed by atoms with Gasteiger partial charge in [0.15, 0.2) is 5.17 Å². The number of hydrogen-bond donors (Lipinski definition) is 2. The standard InChI is InChI=1S/C19H24FN3O6S/c1-18(2,3)29-17(25)21-16-22-19(6-7-28-15(9-24)13(19)10-30-16)12-8-11(23(26)27)4-5-14(12)20/h4-5,8,13,15,24H,6-7,9-10H2,1-3H3,(H,21,22,25)/t13-,15+,19+/m1/s1. The lowest BCUT2D eigenvalue weighted by atomic mass is 9.72. The van der Waals surface area contributed by atoms with E-state index in [1.165, 1.54) is 17.8 Å². The molecule has 164 valence electrons. The summed E-state index contributed by atoms with van der Waals surface area (Å²) in [6.07, 6.45) is -1.07. The van der Waals surface area contributed by atoms with Gasteiger partial charge in [-0.05, 0) is 26.8 Å². The fourth-order valence-corrected chi connectivity index (χ4v) is 4.94. The lowest BCUT2D eigenvalue weighted by Crippen LogP contribution is -2.53. The number of amides is 1. The average molecular weight is 441 g/mol.